The third-order valence-corrected chi connectivity index (χ3v) is 8.45. The fourth-order valence-corrected chi connectivity index (χ4v) is 6.24. The van der Waals surface area contributed by atoms with Crippen molar-refractivity contribution in [3.63, 3.8) is 0 Å². The maximum Gasteiger partial charge on any atom is 0.216 e. The van der Waals surface area contributed by atoms with E-state index in [9.17, 15) is 4.79 Å². The van der Waals surface area contributed by atoms with Crippen LogP contribution in [0.25, 0.3) is 0 Å². The second kappa shape index (κ2) is 13.8. The number of carbonyl (C=O) groups excluding carboxylic acids is 1. The van der Waals surface area contributed by atoms with Crippen LogP contribution in [0.2, 0.25) is 0 Å². The summed E-state index contributed by atoms with van der Waals surface area (Å²) in [5.41, 5.74) is 4.75. The summed E-state index contributed by atoms with van der Waals surface area (Å²) in [6.45, 7) is 7.57. The Balaban J connectivity index is 1.31. The molecule has 2 heterocycles. The number of methoxy groups -OCH3 is 2. The van der Waals surface area contributed by atoms with E-state index in [0.29, 0.717) is 25.7 Å². The Labute approximate surface area is 238 Å². The predicted octanol–water partition coefficient (Wildman–Crippen LogP) is 4.04. The number of ether oxygens (including phenoxy) is 4. The first-order chi connectivity index (χ1) is 19.6. The van der Waals surface area contributed by atoms with E-state index < -0.39 is 0 Å². The Bertz CT molecular complexity index is 1110. The van der Waals surface area contributed by atoms with Gasteiger partial charge in [-0.2, -0.15) is 0 Å². The maximum atomic E-state index is 11.8. The van der Waals surface area contributed by atoms with Crippen LogP contribution in [0.15, 0.2) is 42.5 Å². The molecule has 1 saturated carbocycles. The molecular formula is C32H45N3O5. The number of rotatable bonds is 13. The lowest BCUT2D eigenvalue weighted by atomic mass is 9.78. The van der Waals surface area contributed by atoms with Crippen LogP contribution in [-0.4, -0.2) is 72.2 Å². The highest BCUT2D eigenvalue weighted by atomic mass is 16.5. The molecule has 2 aromatic rings. The van der Waals surface area contributed by atoms with Crippen LogP contribution in [0.3, 0.4) is 0 Å². The number of nitrogens with zero attached hydrogens (tertiary/aromatic N) is 1. The summed E-state index contributed by atoms with van der Waals surface area (Å²) in [6, 6.07) is 15.3. The summed E-state index contributed by atoms with van der Waals surface area (Å²) in [5, 5.41) is 6.60. The van der Waals surface area contributed by atoms with Gasteiger partial charge in [0.25, 0.3) is 0 Å². The lowest BCUT2D eigenvalue weighted by Gasteiger charge is -2.39. The molecule has 1 saturated heterocycles. The van der Waals surface area contributed by atoms with Crippen molar-refractivity contribution in [3.05, 3.63) is 59.2 Å². The summed E-state index contributed by atoms with van der Waals surface area (Å²) in [4.78, 5) is 14.2. The molecule has 2 fully saturated rings. The maximum absolute atomic E-state index is 11.8. The highest BCUT2D eigenvalue weighted by molar-refractivity contribution is 5.72. The standard InChI is InChI=1S/C32H45N3O5/c1-22(36)34-19-27-18-33-20-30(31(27)24-6-8-25(9-7-24)32(38-3)26-10-11-26)40-21-23-5-12-29-28(17-23)35(14-16-39-29)13-4-15-37-2/h5-9,12,17,26-27,30-33H,4,10-11,13-16,18-21H2,1-3H3,(H,34,36)/t27-,30-,31-,32?/m0/s1. The summed E-state index contributed by atoms with van der Waals surface area (Å²) >= 11 is 0. The van der Waals surface area contributed by atoms with Gasteiger partial charge in [0.05, 0.1) is 31.0 Å². The number of nitrogens with one attached hydrogen (secondary N) is 2. The minimum atomic E-state index is -0.0231. The van der Waals surface area contributed by atoms with Gasteiger partial charge in [0.2, 0.25) is 5.91 Å². The van der Waals surface area contributed by atoms with Crippen LogP contribution in [0.1, 0.15) is 54.9 Å². The summed E-state index contributed by atoms with van der Waals surface area (Å²) < 4.78 is 23.7. The van der Waals surface area contributed by atoms with E-state index in [0.717, 1.165) is 56.2 Å². The Morgan fingerprint density at radius 3 is 2.70 bits per heavy atom. The molecule has 218 valence electrons. The molecule has 2 aromatic carbocycles. The van der Waals surface area contributed by atoms with Crippen molar-refractivity contribution in [3.8, 4) is 5.75 Å². The van der Waals surface area contributed by atoms with Gasteiger partial charge in [-0.05, 0) is 59.9 Å². The van der Waals surface area contributed by atoms with Gasteiger partial charge in [0, 0.05) is 59.8 Å². The quantitative estimate of drug-likeness (QED) is 0.364. The normalized spacial score (nSPS) is 23.3. The van der Waals surface area contributed by atoms with Crippen LogP contribution < -0.4 is 20.3 Å². The van der Waals surface area contributed by atoms with E-state index in [4.69, 9.17) is 18.9 Å². The molecule has 8 nitrogen and oxygen atoms in total. The molecule has 2 aliphatic heterocycles. The second-order valence-corrected chi connectivity index (χ2v) is 11.4. The first-order valence-electron chi connectivity index (χ1n) is 14.8. The van der Waals surface area contributed by atoms with Crippen molar-refractivity contribution in [2.24, 2.45) is 11.8 Å². The highest BCUT2D eigenvalue weighted by Crippen LogP contribution is 2.43. The fraction of sp³-hybridized carbons (Fsp3) is 0.594. The van der Waals surface area contributed by atoms with E-state index >= 15 is 0 Å². The van der Waals surface area contributed by atoms with Crippen molar-refractivity contribution in [2.75, 3.05) is 65.1 Å². The van der Waals surface area contributed by atoms with E-state index in [1.807, 2.05) is 7.11 Å². The van der Waals surface area contributed by atoms with Crippen LogP contribution in [-0.2, 0) is 25.6 Å². The van der Waals surface area contributed by atoms with Gasteiger partial charge >= 0.3 is 0 Å². The average Bonchev–Trinajstić information content (AvgIpc) is 3.81. The lowest BCUT2D eigenvalue weighted by Crippen LogP contribution is -2.50. The topological polar surface area (TPSA) is 81.3 Å². The number of anilines is 1. The molecule has 2 N–H and O–H groups in total. The number of carbonyl (C=O) groups is 1. The minimum absolute atomic E-state index is 0.00385. The lowest BCUT2D eigenvalue weighted by molar-refractivity contribution is -0.119. The van der Waals surface area contributed by atoms with Gasteiger partial charge in [0.1, 0.15) is 12.4 Å². The zero-order valence-electron chi connectivity index (χ0n) is 24.2. The monoisotopic (exact) mass is 551 g/mol. The molecule has 0 aromatic heterocycles. The zero-order chi connectivity index (χ0) is 27.9. The fourth-order valence-electron chi connectivity index (χ4n) is 6.24. The van der Waals surface area contributed by atoms with Crippen LogP contribution in [0.5, 0.6) is 5.75 Å². The van der Waals surface area contributed by atoms with Gasteiger partial charge in [-0.25, -0.2) is 0 Å². The van der Waals surface area contributed by atoms with Gasteiger partial charge in [-0.15, -0.1) is 0 Å². The van der Waals surface area contributed by atoms with Crippen molar-refractivity contribution < 1.29 is 23.7 Å². The van der Waals surface area contributed by atoms with Crippen LogP contribution in [0.4, 0.5) is 5.69 Å². The third kappa shape index (κ3) is 7.16. The van der Waals surface area contributed by atoms with Gasteiger partial charge in [-0.1, -0.05) is 30.3 Å². The van der Waals surface area contributed by atoms with Crippen molar-refractivity contribution in [1.29, 1.82) is 0 Å². The average molecular weight is 552 g/mol. The zero-order valence-corrected chi connectivity index (χ0v) is 24.2. The molecule has 0 radical (unpaired) electrons. The molecule has 1 aliphatic carbocycles. The highest BCUT2D eigenvalue weighted by Gasteiger charge is 2.36. The van der Waals surface area contributed by atoms with E-state index in [1.54, 1.807) is 14.0 Å². The van der Waals surface area contributed by atoms with Crippen LogP contribution >= 0.6 is 0 Å². The van der Waals surface area contributed by atoms with Crippen molar-refractivity contribution in [1.82, 2.24) is 10.6 Å². The Morgan fingerprint density at radius 2 is 1.98 bits per heavy atom. The molecule has 0 bridgehead atoms. The molecular weight excluding hydrogens is 506 g/mol. The first-order valence-corrected chi connectivity index (χ1v) is 14.8. The molecule has 8 heteroatoms. The predicted molar refractivity (Wildman–Crippen MR) is 156 cm³/mol. The van der Waals surface area contributed by atoms with Gasteiger partial charge in [0.15, 0.2) is 0 Å². The number of hydrogen-bond donors (Lipinski definition) is 2. The van der Waals surface area contributed by atoms with E-state index in [-0.39, 0.29) is 30.0 Å². The second-order valence-electron chi connectivity index (χ2n) is 11.4. The molecule has 4 atom stereocenters. The summed E-state index contributed by atoms with van der Waals surface area (Å²) in [6.07, 6.45) is 3.61. The first kappa shape index (κ1) is 28.9. The molecule has 0 spiro atoms. The molecule has 5 rings (SSSR count). The molecule has 1 unspecified atom stereocenters. The van der Waals surface area contributed by atoms with Crippen molar-refractivity contribution in [2.45, 2.75) is 50.9 Å². The smallest absolute Gasteiger partial charge is 0.216 e. The summed E-state index contributed by atoms with van der Waals surface area (Å²) in [5.74, 6) is 1.95. The molecule has 40 heavy (non-hydrogen) atoms. The summed E-state index contributed by atoms with van der Waals surface area (Å²) in [7, 11) is 3.55. The molecule has 1 amide bonds. The number of fused-ring (bicyclic) bond motifs is 1. The Kier molecular flexibility index (Phi) is 9.97. The largest absolute Gasteiger partial charge is 0.490 e. The number of amides is 1. The number of piperidine rings is 1. The van der Waals surface area contributed by atoms with Gasteiger partial charge in [-0.3, -0.25) is 4.79 Å². The van der Waals surface area contributed by atoms with Gasteiger partial charge < -0.3 is 34.5 Å². The van der Waals surface area contributed by atoms with Crippen molar-refractivity contribution >= 4 is 11.6 Å². The third-order valence-electron chi connectivity index (χ3n) is 8.45. The Morgan fingerprint density at radius 1 is 1.15 bits per heavy atom. The van der Waals surface area contributed by atoms with E-state index in [2.05, 4.69) is 58.0 Å². The molecule has 3 aliphatic rings. The minimum Gasteiger partial charge on any atom is -0.490 e. The van der Waals surface area contributed by atoms with Crippen LogP contribution in [0, 0.1) is 11.8 Å². The SMILES string of the molecule is COCCCN1CCOc2ccc(CO[C@H]3CNC[C@@H](CNC(C)=O)[C@@H]3c3ccc(C(OC)C4CC4)cc3)cc21. The Hall–Kier alpha value is -2.65. The number of benzene rings is 2. The van der Waals surface area contributed by atoms with E-state index in [1.165, 1.54) is 24.0 Å². The number of hydrogen-bond acceptors (Lipinski definition) is 7.